The molecule has 0 fully saturated rings. The Hall–Kier alpha value is -1.52. The highest BCUT2D eigenvalue weighted by Crippen LogP contribution is 2.40. The molecule has 24 heavy (non-hydrogen) atoms. The third-order valence-corrected chi connectivity index (χ3v) is 5.36. The van der Waals surface area contributed by atoms with E-state index in [9.17, 15) is 4.39 Å². The molecule has 1 heterocycles. The van der Waals surface area contributed by atoms with Crippen molar-refractivity contribution in [3.05, 3.63) is 53.3 Å². The molecular formula is C17H17ClFN2O2P. The molecule has 0 saturated heterocycles. The minimum atomic E-state index is -1.38. The Morgan fingerprint density at radius 1 is 1.08 bits per heavy atom. The molecule has 3 rings (SSSR count). The van der Waals surface area contributed by atoms with E-state index in [1.165, 1.54) is 12.1 Å². The number of rotatable bonds is 6. The molecule has 3 aromatic rings. The molecule has 0 atom stereocenters. The van der Waals surface area contributed by atoms with Crippen molar-refractivity contribution < 1.29 is 13.4 Å². The van der Waals surface area contributed by atoms with Crippen LogP contribution in [0.3, 0.4) is 0 Å². The van der Waals surface area contributed by atoms with Gasteiger partial charge in [-0.25, -0.2) is 9.07 Å². The molecule has 0 spiro atoms. The summed E-state index contributed by atoms with van der Waals surface area (Å²) in [6.07, 6.45) is 0. The predicted octanol–water partition coefficient (Wildman–Crippen LogP) is 4.83. The highest BCUT2D eigenvalue weighted by atomic mass is 35.5. The summed E-state index contributed by atoms with van der Waals surface area (Å²) in [4.78, 5) is 0. The number of hydrogen-bond donors (Lipinski definition) is 0. The van der Waals surface area contributed by atoms with E-state index in [0.717, 1.165) is 11.1 Å². The lowest BCUT2D eigenvalue weighted by Gasteiger charge is -2.17. The van der Waals surface area contributed by atoms with Gasteiger partial charge in [0.05, 0.1) is 24.4 Å². The Morgan fingerprint density at radius 2 is 1.75 bits per heavy atom. The van der Waals surface area contributed by atoms with Crippen LogP contribution in [-0.4, -0.2) is 23.0 Å². The van der Waals surface area contributed by atoms with Crippen molar-refractivity contribution in [2.75, 3.05) is 13.2 Å². The second-order valence-corrected chi connectivity index (χ2v) is 6.86. The van der Waals surface area contributed by atoms with E-state index in [2.05, 4.69) is 5.10 Å². The Morgan fingerprint density at radius 3 is 2.38 bits per heavy atom. The molecule has 0 unspecified atom stereocenters. The summed E-state index contributed by atoms with van der Waals surface area (Å²) >= 11 is 5.98. The van der Waals surface area contributed by atoms with Gasteiger partial charge in [-0.05, 0) is 56.3 Å². The van der Waals surface area contributed by atoms with Crippen LogP contribution < -0.4 is 5.44 Å². The predicted molar refractivity (Wildman–Crippen MR) is 95.8 cm³/mol. The molecule has 2 aromatic carbocycles. The fourth-order valence-corrected chi connectivity index (χ4v) is 3.98. The van der Waals surface area contributed by atoms with Crippen molar-refractivity contribution in [3.63, 3.8) is 0 Å². The largest absolute Gasteiger partial charge is 0.330 e. The van der Waals surface area contributed by atoms with E-state index in [1.807, 2.05) is 26.0 Å². The number of hydrogen-bond acceptors (Lipinski definition) is 3. The molecule has 1 aromatic heterocycles. The molecule has 0 bridgehead atoms. The minimum Gasteiger partial charge on any atom is -0.330 e. The van der Waals surface area contributed by atoms with Gasteiger partial charge in [0.1, 0.15) is 11.3 Å². The van der Waals surface area contributed by atoms with Crippen LogP contribution in [0.2, 0.25) is 5.02 Å². The number of aromatic nitrogens is 2. The maximum atomic E-state index is 13.8. The molecule has 0 aliphatic heterocycles. The average molecular weight is 367 g/mol. The van der Waals surface area contributed by atoms with Crippen molar-refractivity contribution in [2.24, 2.45) is 0 Å². The van der Waals surface area contributed by atoms with E-state index in [4.69, 9.17) is 20.6 Å². The molecule has 4 nitrogen and oxygen atoms in total. The van der Waals surface area contributed by atoms with E-state index in [-0.39, 0.29) is 5.82 Å². The number of fused-ring (bicyclic) bond motifs is 1. The van der Waals surface area contributed by atoms with Gasteiger partial charge in [-0.15, -0.1) is 0 Å². The van der Waals surface area contributed by atoms with Crippen molar-refractivity contribution in [2.45, 2.75) is 13.8 Å². The van der Waals surface area contributed by atoms with Gasteiger partial charge in [-0.1, -0.05) is 11.6 Å². The van der Waals surface area contributed by atoms with Crippen LogP contribution in [0.25, 0.3) is 16.6 Å². The van der Waals surface area contributed by atoms with Crippen LogP contribution in [0.15, 0.2) is 42.5 Å². The van der Waals surface area contributed by atoms with Crippen LogP contribution in [-0.2, 0) is 9.05 Å². The SMILES string of the molecule is CCOP(OCC)c1c2cc(F)ccc2nn1-c1ccc(Cl)cc1. The number of halogens is 2. The van der Waals surface area contributed by atoms with Crippen LogP contribution in [0.5, 0.6) is 0 Å². The quantitative estimate of drug-likeness (QED) is 0.586. The molecule has 0 aliphatic rings. The van der Waals surface area contributed by atoms with Crippen LogP contribution in [0, 0.1) is 5.82 Å². The van der Waals surface area contributed by atoms with Gasteiger partial charge >= 0.3 is 0 Å². The van der Waals surface area contributed by atoms with Gasteiger partial charge in [-0.3, -0.25) is 0 Å². The lowest BCUT2D eigenvalue weighted by molar-refractivity contribution is 0.276. The summed E-state index contributed by atoms with van der Waals surface area (Å²) in [5.74, 6) is -0.317. The van der Waals surface area contributed by atoms with E-state index in [0.29, 0.717) is 29.1 Å². The topological polar surface area (TPSA) is 36.3 Å². The van der Waals surface area contributed by atoms with Gasteiger partial charge in [0.2, 0.25) is 8.38 Å². The Labute approximate surface area is 146 Å². The lowest BCUT2D eigenvalue weighted by Crippen LogP contribution is -2.18. The zero-order valence-corrected chi connectivity index (χ0v) is 15.0. The standard InChI is InChI=1S/C17H17ClFN2O2P/c1-3-22-24(23-4-2)17-15-11-13(19)7-10-16(15)20-21(17)14-8-5-12(18)6-9-14/h5-11H,3-4H2,1-2H3. The van der Waals surface area contributed by atoms with Crippen LogP contribution in [0.1, 0.15) is 13.8 Å². The zero-order chi connectivity index (χ0) is 17.1. The van der Waals surface area contributed by atoms with Gasteiger partial charge < -0.3 is 9.05 Å². The second-order valence-electron chi connectivity index (χ2n) is 4.97. The Kier molecular flexibility index (Phi) is 5.47. The molecule has 0 saturated carbocycles. The van der Waals surface area contributed by atoms with Gasteiger partial charge in [0.25, 0.3) is 0 Å². The maximum absolute atomic E-state index is 13.8. The van der Waals surface area contributed by atoms with Gasteiger partial charge in [-0.2, -0.15) is 5.10 Å². The highest BCUT2D eigenvalue weighted by molar-refractivity contribution is 7.56. The highest BCUT2D eigenvalue weighted by Gasteiger charge is 2.24. The molecular weight excluding hydrogens is 350 g/mol. The monoisotopic (exact) mass is 366 g/mol. The zero-order valence-electron chi connectivity index (χ0n) is 13.4. The Balaban J connectivity index is 2.23. The van der Waals surface area contributed by atoms with Crippen molar-refractivity contribution in [3.8, 4) is 5.69 Å². The summed E-state index contributed by atoms with van der Waals surface area (Å²) in [6.45, 7) is 4.79. The summed E-state index contributed by atoms with van der Waals surface area (Å²) in [6, 6.07) is 11.8. The fourth-order valence-electron chi connectivity index (χ4n) is 2.38. The molecule has 0 amide bonds. The summed E-state index contributed by atoms with van der Waals surface area (Å²) in [7, 11) is -1.38. The first-order chi connectivity index (χ1) is 11.6. The number of nitrogens with zero attached hydrogens (tertiary/aromatic N) is 2. The Bertz CT molecular complexity index is 832. The van der Waals surface area contributed by atoms with Crippen LogP contribution in [0.4, 0.5) is 4.39 Å². The lowest BCUT2D eigenvalue weighted by atomic mass is 10.2. The molecule has 0 aliphatic carbocycles. The maximum Gasteiger partial charge on any atom is 0.225 e. The number of benzene rings is 2. The van der Waals surface area contributed by atoms with Crippen molar-refractivity contribution in [1.29, 1.82) is 0 Å². The minimum absolute atomic E-state index is 0.317. The van der Waals surface area contributed by atoms with Gasteiger partial charge in [0, 0.05) is 10.4 Å². The first-order valence-electron chi connectivity index (χ1n) is 7.64. The third-order valence-electron chi connectivity index (χ3n) is 3.34. The van der Waals surface area contributed by atoms with Gasteiger partial charge in [0.15, 0.2) is 0 Å². The van der Waals surface area contributed by atoms with Crippen molar-refractivity contribution in [1.82, 2.24) is 9.78 Å². The first-order valence-corrected chi connectivity index (χ1v) is 9.19. The molecule has 126 valence electrons. The van der Waals surface area contributed by atoms with E-state index >= 15 is 0 Å². The molecule has 0 N–H and O–H groups in total. The van der Waals surface area contributed by atoms with E-state index in [1.54, 1.807) is 22.9 Å². The smallest absolute Gasteiger partial charge is 0.225 e. The van der Waals surface area contributed by atoms with Crippen molar-refractivity contribution >= 4 is 36.3 Å². The summed E-state index contributed by atoms with van der Waals surface area (Å²) < 4.78 is 27.1. The molecule has 0 radical (unpaired) electrons. The normalized spacial score (nSPS) is 11.5. The summed E-state index contributed by atoms with van der Waals surface area (Å²) in [5, 5.41) is 5.93. The fraction of sp³-hybridized carbons (Fsp3) is 0.235. The summed E-state index contributed by atoms with van der Waals surface area (Å²) in [5.41, 5.74) is 2.23. The average Bonchev–Trinajstić information content (AvgIpc) is 2.93. The first kappa shape index (κ1) is 17.3. The third kappa shape index (κ3) is 3.45. The second kappa shape index (κ2) is 7.58. The van der Waals surface area contributed by atoms with Crippen LogP contribution >= 0.6 is 20.0 Å². The molecule has 7 heteroatoms. The van der Waals surface area contributed by atoms with E-state index < -0.39 is 8.38 Å².